The Morgan fingerprint density at radius 3 is 2.47 bits per heavy atom. The summed E-state index contributed by atoms with van der Waals surface area (Å²) in [4.78, 5) is 16.6. The molecular weight excluding hydrogens is 374 g/mol. The number of rotatable bonds is 3. The van der Waals surface area contributed by atoms with Crippen molar-refractivity contribution < 1.29 is 0 Å². The van der Waals surface area contributed by atoms with E-state index in [4.69, 9.17) is 9.97 Å². The average molecular weight is 402 g/mol. The second-order valence-corrected chi connectivity index (χ2v) is 8.39. The van der Waals surface area contributed by atoms with E-state index in [0.29, 0.717) is 12.1 Å². The molecule has 2 unspecified atom stereocenters. The van der Waals surface area contributed by atoms with Gasteiger partial charge < -0.3 is 15.5 Å². The lowest BCUT2D eigenvalue weighted by atomic mass is 10.1. The molecule has 2 atom stereocenters. The summed E-state index contributed by atoms with van der Waals surface area (Å²) in [7, 11) is 0. The maximum Gasteiger partial charge on any atom is 0.166 e. The minimum atomic E-state index is 0.432. The third-order valence-corrected chi connectivity index (χ3v) is 5.79. The molecule has 1 aromatic carbocycles. The first kappa shape index (κ1) is 18.8. The Labute approximate surface area is 176 Å². The van der Waals surface area contributed by atoms with E-state index in [2.05, 4.69) is 78.5 Å². The molecule has 4 aromatic rings. The maximum absolute atomic E-state index is 4.98. The van der Waals surface area contributed by atoms with Crippen LogP contribution in [0.15, 0.2) is 42.9 Å². The quantitative estimate of drug-likeness (QED) is 0.544. The van der Waals surface area contributed by atoms with Crippen molar-refractivity contribution in [2.24, 2.45) is 0 Å². The molecule has 3 aromatic heterocycles. The zero-order chi connectivity index (χ0) is 20.8. The highest BCUT2D eigenvalue weighted by atomic mass is 15.3. The number of hydrogen-bond donors (Lipinski definition) is 2. The molecule has 0 bridgehead atoms. The summed E-state index contributed by atoms with van der Waals surface area (Å²) in [5.74, 6) is 1.77. The number of imidazole rings is 1. The van der Waals surface area contributed by atoms with Crippen LogP contribution in [0.4, 0.5) is 17.3 Å². The summed E-state index contributed by atoms with van der Waals surface area (Å²) in [6.07, 6.45) is 3.65. The van der Waals surface area contributed by atoms with E-state index >= 15 is 0 Å². The zero-order valence-corrected chi connectivity index (χ0v) is 17.8. The summed E-state index contributed by atoms with van der Waals surface area (Å²) >= 11 is 0. The van der Waals surface area contributed by atoms with Crippen molar-refractivity contribution in [1.82, 2.24) is 24.7 Å². The van der Waals surface area contributed by atoms with Gasteiger partial charge in [-0.15, -0.1) is 0 Å². The molecule has 154 valence electrons. The van der Waals surface area contributed by atoms with Gasteiger partial charge in [0.05, 0.1) is 6.20 Å². The van der Waals surface area contributed by atoms with Crippen LogP contribution in [-0.2, 0) is 0 Å². The maximum atomic E-state index is 4.98. The van der Waals surface area contributed by atoms with Crippen molar-refractivity contribution in [3.05, 3.63) is 54.0 Å². The fourth-order valence-corrected chi connectivity index (χ4v) is 4.42. The number of benzene rings is 1. The van der Waals surface area contributed by atoms with Gasteiger partial charge in [0.2, 0.25) is 0 Å². The van der Waals surface area contributed by atoms with E-state index in [0.717, 1.165) is 47.1 Å². The lowest BCUT2D eigenvalue weighted by molar-refractivity contribution is 0.405. The van der Waals surface area contributed by atoms with Crippen molar-refractivity contribution >= 4 is 34.0 Å². The molecule has 5 rings (SSSR count). The van der Waals surface area contributed by atoms with Crippen LogP contribution in [0.1, 0.15) is 25.0 Å². The normalized spacial score (nSPS) is 19.5. The first-order chi connectivity index (χ1) is 14.5. The molecule has 1 saturated heterocycles. The second kappa shape index (κ2) is 7.25. The number of nitrogens with one attached hydrogen (secondary N) is 2. The molecule has 4 heterocycles. The molecule has 0 amide bonds. The van der Waals surface area contributed by atoms with E-state index in [-0.39, 0.29) is 0 Å². The molecule has 0 spiro atoms. The number of hydrogen-bond acceptors (Lipinski definition) is 6. The Bertz CT molecular complexity index is 1200. The summed E-state index contributed by atoms with van der Waals surface area (Å²) in [5.41, 5.74) is 6.03. The Morgan fingerprint density at radius 1 is 1.00 bits per heavy atom. The van der Waals surface area contributed by atoms with Crippen molar-refractivity contribution in [2.75, 3.05) is 23.3 Å². The van der Waals surface area contributed by atoms with E-state index in [1.807, 2.05) is 16.9 Å². The number of pyridine rings is 1. The highest BCUT2D eigenvalue weighted by Crippen LogP contribution is 2.28. The number of piperazine rings is 1. The van der Waals surface area contributed by atoms with Gasteiger partial charge in [0, 0.05) is 30.9 Å². The number of para-hydroxylation sites is 1. The Morgan fingerprint density at radius 2 is 1.73 bits per heavy atom. The number of anilines is 3. The van der Waals surface area contributed by atoms with Gasteiger partial charge in [-0.1, -0.05) is 18.2 Å². The molecule has 2 N–H and O–H groups in total. The topological polar surface area (TPSA) is 70.4 Å². The van der Waals surface area contributed by atoms with Gasteiger partial charge in [-0.25, -0.2) is 15.0 Å². The first-order valence-electron chi connectivity index (χ1n) is 10.5. The van der Waals surface area contributed by atoms with Crippen LogP contribution in [0.3, 0.4) is 0 Å². The minimum Gasteiger partial charge on any atom is -0.353 e. The lowest BCUT2D eigenvalue weighted by Gasteiger charge is -2.36. The van der Waals surface area contributed by atoms with Crippen LogP contribution in [-0.4, -0.2) is 44.5 Å². The summed E-state index contributed by atoms with van der Waals surface area (Å²) in [6, 6.07) is 11.3. The van der Waals surface area contributed by atoms with Crippen LogP contribution < -0.4 is 15.5 Å². The van der Waals surface area contributed by atoms with Gasteiger partial charge in [0.1, 0.15) is 23.2 Å². The second-order valence-electron chi connectivity index (χ2n) is 8.39. The van der Waals surface area contributed by atoms with Crippen molar-refractivity contribution in [2.45, 2.75) is 39.8 Å². The highest BCUT2D eigenvalue weighted by Gasteiger charge is 2.22. The molecule has 7 nitrogen and oxygen atoms in total. The van der Waals surface area contributed by atoms with Gasteiger partial charge in [-0.3, -0.25) is 4.40 Å². The Balaban J connectivity index is 1.59. The third kappa shape index (κ3) is 3.25. The number of fused-ring (bicyclic) bond motifs is 3. The van der Waals surface area contributed by atoms with Gasteiger partial charge in [0.25, 0.3) is 0 Å². The predicted octanol–water partition coefficient (Wildman–Crippen LogP) is 3.82. The molecule has 0 saturated carbocycles. The summed E-state index contributed by atoms with van der Waals surface area (Å²) in [5, 5.41) is 7.11. The van der Waals surface area contributed by atoms with E-state index in [1.54, 1.807) is 0 Å². The number of aryl methyl sites for hydroxylation is 2. The molecular formula is C23H27N7. The molecule has 1 fully saturated rings. The van der Waals surface area contributed by atoms with Gasteiger partial charge >= 0.3 is 0 Å². The minimum absolute atomic E-state index is 0.432. The lowest BCUT2D eigenvalue weighted by Crippen LogP contribution is -2.54. The van der Waals surface area contributed by atoms with Crippen LogP contribution in [0.2, 0.25) is 0 Å². The number of nitrogens with zero attached hydrogens (tertiary/aromatic N) is 5. The third-order valence-electron chi connectivity index (χ3n) is 5.79. The Kier molecular flexibility index (Phi) is 4.55. The smallest absolute Gasteiger partial charge is 0.166 e. The first-order valence-corrected chi connectivity index (χ1v) is 10.5. The van der Waals surface area contributed by atoms with Crippen molar-refractivity contribution in [3.63, 3.8) is 0 Å². The predicted molar refractivity (Wildman–Crippen MR) is 122 cm³/mol. The molecule has 0 aliphatic carbocycles. The van der Waals surface area contributed by atoms with Crippen LogP contribution >= 0.6 is 0 Å². The molecule has 0 radical (unpaired) electrons. The monoisotopic (exact) mass is 401 g/mol. The van der Waals surface area contributed by atoms with Crippen LogP contribution in [0, 0.1) is 13.8 Å². The fourth-order valence-electron chi connectivity index (χ4n) is 4.42. The molecule has 7 heteroatoms. The van der Waals surface area contributed by atoms with Gasteiger partial charge in [-0.2, -0.15) is 0 Å². The Hall–Kier alpha value is -3.19. The summed E-state index contributed by atoms with van der Waals surface area (Å²) < 4.78 is 2.02. The van der Waals surface area contributed by atoms with Gasteiger partial charge in [-0.05, 0) is 51.0 Å². The summed E-state index contributed by atoms with van der Waals surface area (Å²) in [6.45, 7) is 10.5. The fraction of sp³-hybridized carbons (Fsp3) is 0.348. The van der Waals surface area contributed by atoms with E-state index < -0.39 is 0 Å². The van der Waals surface area contributed by atoms with E-state index in [1.165, 1.54) is 11.1 Å². The largest absolute Gasteiger partial charge is 0.353 e. The SMILES string of the molecule is Cc1cccc(C)c1Nc1nc2ccc(N3CC(C)NC(C)C3)nc2n2cncc12. The number of aromatic nitrogens is 4. The van der Waals surface area contributed by atoms with Crippen LogP contribution in [0.5, 0.6) is 0 Å². The highest BCUT2D eigenvalue weighted by molar-refractivity contribution is 5.85. The molecule has 1 aliphatic rings. The van der Waals surface area contributed by atoms with Crippen molar-refractivity contribution in [3.8, 4) is 0 Å². The zero-order valence-electron chi connectivity index (χ0n) is 17.8. The average Bonchev–Trinajstić information content (AvgIpc) is 3.20. The van der Waals surface area contributed by atoms with E-state index in [9.17, 15) is 0 Å². The van der Waals surface area contributed by atoms with Crippen molar-refractivity contribution in [1.29, 1.82) is 0 Å². The molecule has 30 heavy (non-hydrogen) atoms. The standard InChI is InChI=1S/C23H27N7/c1-14-6-5-7-15(2)21(14)28-22-19-10-24-13-30(19)23-18(26-22)8-9-20(27-23)29-11-16(3)25-17(4)12-29/h5-10,13,16-17,25H,11-12H2,1-4H3,(H,26,28). The molecule has 1 aliphatic heterocycles. The van der Waals surface area contributed by atoms with Crippen LogP contribution in [0.25, 0.3) is 16.7 Å². The van der Waals surface area contributed by atoms with Gasteiger partial charge in [0.15, 0.2) is 11.5 Å².